The van der Waals surface area contributed by atoms with Crippen molar-refractivity contribution in [3.63, 3.8) is 0 Å². The highest BCUT2D eigenvalue weighted by Crippen LogP contribution is 2.46. The molecule has 1 fully saturated rings. The lowest BCUT2D eigenvalue weighted by Gasteiger charge is -2.23. The molecule has 2 heterocycles. The van der Waals surface area contributed by atoms with Gasteiger partial charge in [-0.2, -0.15) is 0 Å². The summed E-state index contributed by atoms with van der Waals surface area (Å²) in [5.41, 5.74) is 2.52. The third kappa shape index (κ3) is 5.68. The van der Waals surface area contributed by atoms with E-state index in [0.29, 0.717) is 36.3 Å². The molecule has 12 heteroatoms. The highest BCUT2D eigenvalue weighted by Gasteiger charge is 2.49. The normalized spacial score (nSPS) is 16.7. The van der Waals surface area contributed by atoms with Gasteiger partial charge in [-0.1, -0.05) is 111 Å². The van der Waals surface area contributed by atoms with Crippen molar-refractivity contribution in [1.29, 1.82) is 0 Å². The largest absolute Gasteiger partial charge is 0.507 e. The number of ketones is 1. The van der Waals surface area contributed by atoms with E-state index < -0.39 is 17.7 Å². The second-order valence-electron chi connectivity index (χ2n) is 8.58. The number of halogens is 4. The summed E-state index contributed by atoms with van der Waals surface area (Å²) in [7, 11) is 0. The van der Waals surface area contributed by atoms with Crippen LogP contribution in [-0.4, -0.2) is 27.0 Å². The van der Waals surface area contributed by atoms with Crippen LogP contribution < -0.4 is 4.90 Å². The molecule has 0 saturated carbocycles. The fraction of sp³-hybridized carbons (Fsp3) is 0.111. The Morgan fingerprint density at radius 3 is 2.28 bits per heavy atom. The Labute approximate surface area is 252 Å². The number of aryl methyl sites for hydroxylation is 1. The lowest BCUT2D eigenvalue weighted by atomic mass is 9.95. The molecule has 0 aliphatic carbocycles. The van der Waals surface area contributed by atoms with Gasteiger partial charge in [0.05, 0.1) is 11.6 Å². The maximum Gasteiger partial charge on any atom is 0.301 e. The van der Waals surface area contributed by atoms with Crippen molar-refractivity contribution < 1.29 is 14.7 Å². The number of Topliss-reactive ketones (excluding diaryl/α,β-unsaturated/α-hetero) is 1. The molecule has 1 unspecified atom stereocenters. The van der Waals surface area contributed by atoms with Crippen molar-refractivity contribution in [3.05, 3.63) is 109 Å². The quantitative estimate of drug-likeness (QED) is 0.0752. The van der Waals surface area contributed by atoms with Crippen LogP contribution in [0.1, 0.15) is 28.3 Å². The van der Waals surface area contributed by atoms with Crippen molar-refractivity contribution in [2.24, 2.45) is 0 Å². The number of carbonyl (C=O) groups is 2. The lowest BCUT2D eigenvalue weighted by molar-refractivity contribution is -0.132. The van der Waals surface area contributed by atoms with Gasteiger partial charge >= 0.3 is 5.91 Å². The van der Waals surface area contributed by atoms with E-state index in [0.717, 1.165) is 22.5 Å². The number of aliphatic hydroxyl groups is 1. The van der Waals surface area contributed by atoms with E-state index in [4.69, 9.17) is 46.4 Å². The Bertz CT molecular complexity index is 1640. The standard InChI is InChI=1S/C27H17Cl4N3O3S2/c1-13-2-4-14(5-3-13)23(35)21-22(18-9-8-17(29)11-20(18)31)34(25(37)24(21)36)26-32-33-27(39-26)38-12-15-6-7-16(28)10-19(15)30/h2-11,22,35H,12H2,1H3/b23-21-. The Morgan fingerprint density at radius 1 is 0.949 bits per heavy atom. The summed E-state index contributed by atoms with van der Waals surface area (Å²) in [6.45, 7) is 1.90. The van der Waals surface area contributed by atoms with Gasteiger partial charge in [0.1, 0.15) is 5.76 Å². The van der Waals surface area contributed by atoms with Gasteiger partial charge in [0.25, 0.3) is 5.78 Å². The van der Waals surface area contributed by atoms with E-state index in [1.54, 1.807) is 48.5 Å². The smallest absolute Gasteiger partial charge is 0.301 e. The molecule has 1 atom stereocenters. The van der Waals surface area contributed by atoms with Gasteiger partial charge in [0.2, 0.25) is 5.13 Å². The minimum absolute atomic E-state index is 0.106. The summed E-state index contributed by atoms with van der Waals surface area (Å²) in [5, 5.41) is 21.5. The summed E-state index contributed by atoms with van der Waals surface area (Å²) in [6, 6.07) is 15.9. The number of hydrogen-bond donors (Lipinski definition) is 1. The summed E-state index contributed by atoms with van der Waals surface area (Å²) >= 11 is 27.4. The lowest BCUT2D eigenvalue weighted by Crippen LogP contribution is -2.29. The van der Waals surface area contributed by atoms with Gasteiger partial charge in [0.15, 0.2) is 4.34 Å². The van der Waals surface area contributed by atoms with Crippen LogP contribution in [0.15, 0.2) is 70.6 Å². The number of anilines is 1. The molecular formula is C27H17Cl4N3O3S2. The van der Waals surface area contributed by atoms with E-state index in [1.165, 1.54) is 22.7 Å². The molecule has 1 aliphatic heterocycles. The van der Waals surface area contributed by atoms with Crippen LogP contribution in [0, 0.1) is 6.92 Å². The minimum Gasteiger partial charge on any atom is -0.507 e. The van der Waals surface area contributed by atoms with Gasteiger partial charge in [-0.3, -0.25) is 14.5 Å². The first kappa shape index (κ1) is 28.0. The number of hydrogen-bond acceptors (Lipinski definition) is 7. The molecule has 1 saturated heterocycles. The van der Waals surface area contributed by atoms with Gasteiger partial charge in [0, 0.05) is 31.4 Å². The third-order valence-electron chi connectivity index (χ3n) is 5.99. The van der Waals surface area contributed by atoms with E-state index in [2.05, 4.69) is 10.2 Å². The molecule has 1 aromatic heterocycles. The fourth-order valence-corrected chi connectivity index (χ4v) is 6.99. The zero-order valence-corrected chi connectivity index (χ0v) is 24.6. The number of aromatic nitrogens is 2. The van der Waals surface area contributed by atoms with E-state index in [-0.39, 0.29) is 21.5 Å². The van der Waals surface area contributed by atoms with Crippen LogP contribution in [0.4, 0.5) is 5.13 Å². The maximum atomic E-state index is 13.4. The van der Waals surface area contributed by atoms with Gasteiger partial charge in [-0.25, -0.2) is 0 Å². The average Bonchev–Trinajstić information content (AvgIpc) is 3.46. The van der Waals surface area contributed by atoms with Gasteiger partial charge in [-0.05, 0) is 42.3 Å². The number of nitrogens with zero attached hydrogens (tertiary/aromatic N) is 3. The van der Waals surface area contributed by atoms with Crippen LogP contribution in [0.5, 0.6) is 0 Å². The molecule has 39 heavy (non-hydrogen) atoms. The third-order valence-corrected chi connectivity index (χ3v) is 9.25. The molecule has 1 amide bonds. The minimum atomic E-state index is -1.05. The number of benzene rings is 3. The van der Waals surface area contributed by atoms with E-state index in [1.807, 2.05) is 13.0 Å². The second-order valence-corrected chi connectivity index (χ2v) is 12.4. The SMILES string of the molecule is Cc1ccc(/C(O)=C2/C(=O)C(=O)N(c3nnc(SCc4ccc(Cl)cc4Cl)s3)C2c2ccc(Cl)cc2Cl)cc1. The van der Waals surface area contributed by atoms with Crippen molar-refractivity contribution in [2.45, 2.75) is 23.1 Å². The molecule has 198 valence electrons. The highest BCUT2D eigenvalue weighted by atomic mass is 35.5. The predicted molar refractivity (Wildman–Crippen MR) is 158 cm³/mol. The topological polar surface area (TPSA) is 83.4 Å². The number of rotatable bonds is 6. The van der Waals surface area contributed by atoms with Crippen molar-refractivity contribution in [3.8, 4) is 0 Å². The van der Waals surface area contributed by atoms with Gasteiger partial charge < -0.3 is 5.11 Å². The molecular weight excluding hydrogens is 620 g/mol. The average molecular weight is 637 g/mol. The monoisotopic (exact) mass is 635 g/mol. The number of thioether (sulfide) groups is 1. The van der Waals surface area contributed by atoms with Crippen molar-refractivity contribution in [1.82, 2.24) is 10.2 Å². The molecule has 0 spiro atoms. The Kier molecular flexibility index (Phi) is 8.24. The molecule has 0 radical (unpaired) electrons. The summed E-state index contributed by atoms with van der Waals surface area (Å²) < 4.78 is 0.553. The van der Waals surface area contributed by atoms with Crippen LogP contribution in [-0.2, 0) is 15.3 Å². The molecule has 5 rings (SSSR count). The predicted octanol–water partition coefficient (Wildman–Crippen LogP) is 8.38. The first-order valence-electron chi connectivity index (χ1n) is 11.4. The van der Waals surface area contributed by atoms with Crippen LogP contribution in [0.25, 0.3) is 5.76 Å². The van der Waals surface area contributed by atoms with E-state index in [9.17, 15) is 14.7 Å². The van der Waals surface area contributed by atoms with Crippen molar-refractivity contribution >= 4 is 92.1 Å². The second kappa shape index (κ2) is 11.5. The highest BCUT2D eigenvalue weighted by molar-refractivity contribution is 8.00. The van der Waals surface area contributed by atoms with E-state index >= 15 is 0 Å². The van der Waals surface area contributed by atoms with Crippen LogP contribution >= 0.6 is 69.5 Å². The summed E-state index contributed by atoms with van der Waals surface area (Å²) in [5.74, 6) is -1.54. The first-order chi connectivity index (χ1) is 18.6. The van der Waals surface area contributed by atoms with Crippen LogP contribution in [0.3, 0.4) is 0 Å². The molecule has 0 bridgehead atoms. The zero-order valence-electron chi connectivity index (χ0n) is 20.0. The van der Waals surface area contributed by atoms with Crippen LogP contribution in [0.2, 0.25) is 20.1 Å². The molecule has 6 nitrogen and oxygen atoms in total. The zero-order chi connectivity index (χ0) is 27.8. The van der Waals surface area contributed by atoms with Gasteiger partial charge in [-0.15, -0.1) is 10.2 Å². The molecule has 1 aliphatic rings. The maximum absolute atomic E-state index is 13.4. The molecule has 3 aromatic carbocycles. The van der Waals surface area contributed by atoms with Crippen molar-refractivity contribution in [2.75, 3.05) is 4.90 Å². The molecule has 1 N–H and O–H groups in total. The Morgan fingerprint density at radius 2 is 1.62 bits per heavy atom. The summed E-state index contributed by atoms with van der Waals surface area (Å²) in [4.78, 5) is 28.0. The Hall–Kier alpha value is -2.59. The molecule has 4 aromatic rings. The summed E-state index contributed by atoms with van der Waals surface area (Å²) in [6.07, 6.45) is 0. The number of aliphatic hydroxyl groups excluding tert-OH is 1. The number of carbonyl (C=O) groups excluding carboxylic acids is 2. The Balaban J connectivity index is 1.55. The number of amides is 1. The first-order valence-corrected chi connectivity index (χ1v) is 14.7. The fourth-order valence-electron chi connectivity index (χ4n) is 4.05.